The first kappa shape index (κ1) is 15.4. The van der Waals surface area contributed by atoms with Crippen LogP contribution in [0.3, 0.4) is 0 Å². The van der Waals surface area contributed by atoms with Crippen molar-refractivity contribution >= 4 is 43.6 Å². The van der Waals surface area contributed by atoms with E-state index in [1.165, 1.54) is 0 Å². The zero-order valence-corrected chi connectivity index (χ0v) is 13.2. The van der Waals surface area contributed by atoms with Gasteiger partial charge in [-0.15, -0.1) is 0 Å². The number of rotatable bonds is 6. The fraction of sp³-hybridized carbons (Fsp3) is 0.385. The molecule has 0 aliphatic rings. The Morgan fingerprint density at radius 2 is 2.00 bits per heavy atom. The van der Waals surface area contributed by atoms with Gasteiger partial charge in [0.1, 0.15) is 0 Å². The number of alkyl halides is 2. The van der Waals surface area contributed by atoms with Gasteiger partial charge in [0.05, 0.1) is 12.2 Å². The van der Waals surface area contributed by atoms with Crippen molar-refractivity contribution in [1.29, 1.82) is 0 Å². The second kappa shape index (κ2) is 7.69. The third-order valence-corrected chi connectivity index (χ3v) is 3.39. The molecular formula is C13H14Br2O3. The van der Waals surface area contributed by atoms with E-state index in [1.54, 1.807) is 19.1 Å². The van der Waals surface area contributed by atoms with E-state index in [2.05, 4.69) is 31.9 Å². The Kier molecular flexibility index (Phi) is 6.57. The van der Waals surface area contributed by atoms with Crippen molar-refractivity contribution in [3.05, 3.63) is 34.9 Å². The van der Waals surface area contributed by atoms with Gasteiger partial charge in [-0.05, 0) is 18.6 Å². The average Bonchev–Trinajstić information content (AvgIpc) is 2.38. The number of Topliss-reactive ketones (excluding diaryl/α,β-unsaturated/α-hetero) is 1. The lowest BCUT2D eigenvalue weighted by Gasteiger charge is -2.11. The first-order chi connectivity index (χ1) is 8.65. The lowest BCUT2D eigenvalue weighted by atomic mass is 9.97. The summed E-state index contributed by atoms with van der Waals surface area (Å²) in [5.41, 5.74) is 1.62. The largest absolute Gasteiger partial charge is 0.462 e. The monoisotopic (exact) mass is 376 g/mol. The fourth-order valence-electron chi connectivity index (χ4n) is 1.63. The van der Waals surface area contributed by atoms with Gasteiger partial charge in [-0.25, -0.2) is 4.79 Å². The third kappa shape index (κ3) is 3.65. The summed E-state index contributed by atoms with van der Waals surface area (Å²) in [5.74, 6) is -0.497. The molecule has 1 aromatic carbocycles. The number of ketones is 1. The summed E-state index contributed by atoms with van der Waals surface area (Å²) in [5, 5.41) is 1.11. The summed E-state index contributed by atoms with van der Waals surface area (Å²) in [6, 6.07) is 5.22. The molecule has 0 saturated carbocycles. The second-order valence-electron chi connectivity index (χ2n) is 3.56. The molecule has 0 unspecified atom stereocenters. The van der Waals surface area contributed by atoms with Crippen LogP contribution in [-0.2, 0) is 10.1 Å². The number of halogens is 2. The Bertz CT molecular complexity index is 444. The van der Waals surface area contributed by atoms with Gasteiger partial charge in [0.25, 0.3) is 0 Å². The second-order valence-corrected chi connectivity index (χ2v) is 4.91. The predicted molar refractivity (Wildman–Crippen MR) is 77.8 cm³/mol. The minimum absolute atomic E-state index is 0.0509. The van der Waals surface area contributed by atoms with Crippen LogP contribution in [0.1, 0.15) is 39.6 Å². The quantitative estimate of drug-likeness (QED) is 0.431. The van der Waals surface area contributed by atoms with E-state index >= 15 is 0 Å². The third-order valence-electron chi connectivity index (χ3n) is 2.39. The van der Waals surface area contributed by atoms with Crippen LogP contribution in [0, 0.1) is 0 Å². The highest BCUT2D eigenvalue weighted by Crippen LogP contribution is 2.21. The highest BCUT2D eigenvalue weighted by molar-refractivity contribution is 9.09. The van der Waals surface area contributed by atoms with Crippen molar-refractivity contribution in [2.45, 2.75) is 18.7 Å². The SMILES string of the molecule is CCOC(=O)c1cccc(CBr)c1C(=O)CCBr. The zero-order chi connectivity index (χ0) is 13.5. The first-order valence-corrected chi connectivity index (χ1v) is 7.84. The van der Waals surface area contributed by atoms with E-state index in [0.717, 1.165) is 5.56 Å². The Labute approximate surface area is 123 Å². The molecule has 18 heavy (non-hydrogen) atoms. The molecule has 98 valence electrons. The zero-order valence-electron chi connectivity index (χ0n) is 10.0. The van der Waals surface area contributed by atoms with Crippen LogP contribution in [0.2, 0.25) is 0 Å². The van der Waals surface area contributed by atoms with Crippen LogP contribution >= 0.6 is 31.9 Å². The molecule has 5 heteroatoms. The van der Waals surface area contributed by atoms with Crippen LogP contribution in [0.5, 0.6) is 0 Å². The van der Waals surface area contributed by atoms with Crippen LogP contribution in [0.4, 0.5) is 0 Å². The van der Waals surface area contributed by atoms with Gasteiger partial charge >= 0.3 is 5.97 Å². The van der Waals surface area contributed by atoms with E-state index in [-0.39, 0.29) is 5.78 Å². The van der Waals surface area contributed by atoms with Crippen molar-refractivity contribution in [3.8, 4) is 0 Å². The minimum Gasteiger partial charge on any atom is -0.462 e. The summed E-state index contributed by atoms with van der Waals surface area (Å²) < 4.78 is 4.98. The van der Waals surface area contributed by atoms with Crippen LogP contribution in [0.25, 0.3) is 0 Å². The normalized spacial score (nSPS) is 10.2. The van der Waals surface area contributed by atoms with Gasteiger partial charge in [0, 0.05) is 22.6 Å². The van der Waals surface area contributed by atoms with E-state index in [0.29, 0.717) is 34.8 Å². The number of carbonyl (C=O) groups is 2. The van der Waals surface area contributed by atoms with E-state index in [9.17, 15) is 9.59 Å². The lowest BCUT2D eigenvalue weighted by molar-refractivity contribution is 0.0523. The highest BCUT2D eigenvalue weighted by Gasteiger charge is 2.20. The summed E-state index contributed by atoms with van der Waals surface area (Å²) in [4.78, 5) is 23.9. The molecule has 3 nitrogen and oxygen atoms in total. The molecule has 0 fully saturated rings. The van der Waals surface area contributed by atoms with Crippen molar-refractivity contribution in [2.75, 3.05) is 11.9 Å². The summed E-state index contributed by atoms with van der Waals surface area (Å²) in [6.45, 7) is 2.04. The van der Waals surface area contributed by atoms with E-state index in [4.69, 9.17) is 4.74 Å². The highest BCUT2D eigenvalue weighted by atomic mass is 79.9. The summed E-state index contributed by atoms with van der Waals surface area (Å²) >= 11 is 6.57. The molecule has 0 saturated heterocycles. The standard InChI is InChI=1S/C13H14Br2O3/c1-2-18-13(17)10-5-3-4-9(8-15)12(10)11(16)6-7-14/h3-5H,2,6-8H2,1H3. The van der Waals surface area contributed by atoms with Gasteiger partial charge in [-0.3, -0.25) is 4.79 Å². The van der Waals surface area contributed by atoms with E-state index in [1.807, 2.05) is 6.07 Å². The lowest BCUT2D eigenvalue weighted by Crippen LogP contribution is -2.14. The average molecular weight is 378 g/mol. The molecule has 1 aromatic rings. The number of esters is 1. The number of carbonyl (C=O) groups excluding carboxylic acids is 2. The van der Waals surface area contributed by atoms with Gasteiger partial charge in [0.2, 0.25) is 0 Å². The Balaban J connectivity index is 3.24. The molecule has 0 N–H and O–H groups in total. The maximum atomic E-state index is 12.1. The number of benzene rings is 1. The Morgan fingerprint density at radius 3 is 2.56 bits per heavy atom. The predicted octanol–water partition coefficient (Wildman–Crippen LogP) is 3.73. The van der Waals surface area contributed by atoms with Crippen molar-refractivity contribution < 1.29 is 14.3 Å². The van der Waals surface area contributed by atoms with E-state index < -0.39 is 5.97 Å². The molecule has 0 spiro atoms. The molecular weight excluding hydrogens is 364 g/mol. The van der Waals surface area contributed by atoms with Crippen molar-refractivity contribution in [2.24, 2.45) is 0 Å². The van der Waals surface area contributed by atoms with Gasteiger partial charge in [0.15, 0.2) is 5.78 Å². The van der Waals surface area contributed by atoms with Crippen molar-refractivity contribution in [1.82, 2.24) is 0 Å². The van der Waals surface area contributed by atoms with Crippen LogP contribution in [-0.4, -0.2) is 23.7 Å². The minimum atomic E-state index is -0.446. The topological polar surface area (TPSA) is 43.4 Å². The molecule has 0 heterocycles. The Morgan fingerprint density at radius 1 is 1.28 bits per heavy atom. The number of hydrogen-bond acceptors (Lipinski definition) is 3. The number of hydrogen-bond donors (Lipinski definition) is 0. The van der Waals surface area contributed by atoms with Gasteiger partial charge in [-0.1, -0.05) is 44.0 Å². The molecule has 0 aliphatic carbocycles. The maximum Gasteiger partial charge on any atom is 0.338 e. The van der Waals surface area contributed by atoms with Crippen molar-refractivity contribution in [3.63, 3.8) is 0 Å². The molecule has 0 radical (unpaired) electrons. The molecule has 1 rings (SSSR count). The number of ether oxygens (including phenoxy) is 1. The smallest absolute Gasteiger partial charge is 0.338 e. The first-order valence-electron chi connectivity index (χ1n) is 5.59. The fourth-order valence-corrected chi connectivity index (χ4v) is 2.46. The summed E-state index contributed by atoms with van der Waals surface area (Å²) in [6.07, 6.45) is 0.358. The Hall–Kier alpha value is -0.680. The van der Waals surface area contributed by atoms with Gasteiger partial charge in [-0.2, -0.15) is 0 Å². The summed E-state index contributed by atoms with van der Waals surface area (Å²) in [7, 11) is 0. The van der Waals surface area contributed by atoms with Crippen LogP contribution in [0.15, 0.2) is 18.2 Å². The van der Waals surface area contributed by atoms with Crippen LogP contribution < -0.4 is 0 Å². The molecule has 0 bridgehead atoms. The molecule has 0 aromatic heterocycles. The maximum absolute atomic E-state index is 12.1. The molecule has 0 amide bonds. The molecule has 0 atom stereocenters. The molecule has 0 aliphatic heterocycles. The van der Waals surface area contributed by atoms with Gasteiger partial charge < -0.3 is 4.74 Å².